The standard InChI is InChI=1S/C27H23F4N7O3/c1-14(12-22(30)31)34-25-23-21(9-10-32-24(23)36-37-25)41-20-7-4-16(13-19(20)29)35-26(39)18-8-11-33-38(27(18)40)17-5-2-15(28)3-6-17/h2-11,13-14,22,26,35,39H,12H2,1H3,(H2,32,34,36,37). The zero-order valence-electron chi connectivity index (χ0n) is 21.4. The van der Waals surface area contributed by atoms with E-state index in [1.54, 1.807) is 6.92 Å². The number of ether oxygens (including phenoxy) is 1. The maximum Gasteiger partial charge on any atom is 0.279 e. The fourth-order valence-corrected chi connectivity index (χ4v) is 4.10. The van der Waals surface area contributed by atoms with Crippen molar-refractivity contribution in [1.82, 2.24) is 25.0 Å². The monoisotopic (exact) mass is 569 g/mol. The van der Waals surface area contributed by atoms with Crippen LogP contribution in [0.5, 0.6) is 11.5 Å². The minimum Gasteiger partial charge on any atom is -0.453 e. The van der Waals surface area contributed by atoms with Gasteiger partial charge in [-0.3, -0.25) is 9.89 Å². The molecule has 2 aromatic carbocycles. The number of H-pyrrole nitrogens is 1. The zero-order chi connectivity index (χ0) is 29.1. The number of alkyl halides is 2. The van der Waals surface area contributed by atoms with Crippen molar-refractivity contribution in [1.29, 1.82) is 0 Å². The van der Waals surface area contributed by atoms with Gasteiger partial charge in [0.15, 0.2) is 29.3 Å². The Kier molecular flexibility index (Phi) is 7.83. The number of hydrogen-bond acceptors (Lipinski definition) is 8. The number of anilines is 2. The van der Waals surface area contributed by atoms with E-state index in [4.69, 9.17) is 4.74 Å². The first-order valence-corrected chi connectivity index (χ1v) is 12.3. The number of pyridine rings is 1. The lowest BCUT2D eigenvalue weighted by atomic mass is 10.2. The molecule has 0 fully saturated rings. The van der Waals surface area contributed by atoms with E-state index in [2.05, 4.69) is 30.9 Å². The van der Waals surface area contributed by atoms with Gasteiger partial charge in [0, 0.05) is 42.7 Å². The molecule has 2 unspecified atom stereocenters. The molecule has 0 aliphatic carbocycles. The number of nitrogens with zero attached hydrogens (tertiary/aromatic N) is 4. The van der Waals surface area contributed by atoms with Crippen LogP contribution in [0.1, 0.15) is 25.1 Å². The second-order valence-corrected chi connectivity index (χ2v) is 9.05. The molecule has 14 heteroatoms. The smallest absolute Gasteiger partial charge is 0.279 e. The molecule has 5 aromatic rings. The quantitative estimate of drug-likeness (QED) is 0.135. The molecular formula is C27H23F4N7O3. The van der Waals surface area contributed by atoms with Gasteiger partial charge in [-0.25, -0.2) is 22.5 Å². The van der Waals surface area contributed by atoms with E-state index in [9.17, 15) is 23.1 Å². The lowest BCUT2D eigenvalue weighted by Gasteiger charge is -2.16. The van der Waals surface area contributed by atoms with Crippen molar-refractivity contribution in [2.24, 2.45) is 0 Å². The SMILES string of the molecule is CC(CC(F)F)Nc1n[nH]c2nccc(Oc3ccc(NC(O)c4ccnn(-c5ccc(F)cc5)c4=O)cc3F)c12. The van der Waals surface area contributed by atoms with Gasteiger partial charge in [0.2, 0.25) is 6.43 Å². The first-order chi connectivity index (χ1) is 19.7. The molecule has 5 rings (SSSR count). The summed E-state index contributed by atoms with van der Waals surface area (Å²) in [6.07, 6.45) is -1.73. The average molecular weight is 570 g/mol. The summed E-state index contributed by atoms with van der Waals surface area (Å²) in [4.78, 5) is 17.0. The van der Waals surface area contributed by atoms with Crippen molar-refractivity contribution in [3.63, 3.8) is 0 Å². The Labute approximate surface area is 229 Å². The van der Waals surface area contributed by atoms with Gasteiger partial charge >= 0.3 is 0 Å². The molecule has 0 aliphatic heterocycles. The normalized spacial score (nSPS) is 12.9. The molecule has 3 aromatic heterocycles. The van der Waals surface area contributed by atoms with E-state index in [1.165, 1.54) is 60.9 Å². The van der Waals surface area contributed by atoms with E-state index in [0.29, 0.717) is 16.7 Å². The fraction of sp³-hybridized carbons (Fsp3) is 0.185. The Bertz CT molecular complexity index is 1730. The molecule has 0 saturated carbocycles. The van der Waals surface area contributed by atoms with Crippen molar-refractivity contribution in [2.45, 2.75) is 32.0 Å². The highest BCUT2D eigenvalue weighted by molar-refractivity contribution is 5.93. The summed E-state index contributed by atoms with van der Waals surface area (Å²) >= 11 is 0. The molecule has 3 heterocycles. The summed E-state index contributed by atoms with van der Waals surface area (Å²) in [5.41, 5.74) is -0.000398. The summed E-state index contributed by atoms with van der Waals surface area (Å²) in [7, 11) is 0. The number of aromatic nitrogens is 5. The minimum atomic E-state index is -2.51. The highest BCUT2D eigenvalue weighted by atomic mass is 19.3. The number of aromatic amines is 1. The van der Waals surface area contributed by atoms with Crippen molar-refractivity contribution < 1.29 is 27.4 Å². The third-order valence-corrected chi connectivity index (χ3v) is 6.03. The van der Waals surface area contributed by atoms with Crippen LogP contribution in [0.3, 0.4) is 0 Å². The molecule has 10 nitrogen and oxygen atoms in total. The number of halogens is 4. The summed E-state index contributed by atoms with van der Waals surface area (Å²) in [6.45, 7) is 1.58. The summed E-state index contributed by atoms with van der Waals surface area (Å²) in [5.74, 6) is -1.05. The number of benzene rings is 2. The molecule has 0 bridgehead atoms. The Morgan fingerprint density at radius 1 is 1.02 bits per heavy atom. The van der Waals surface area contributed by atoms with E-state index < -0.39 is 42.3 Å². The number of hydrogen-bond donors (Lipinski definition) is 4. The van der Waals surface area contributed by atoms with Gasteiger partial charge in [0.25, 0.3) is 5.56 Å². The number of aliphatic hydroxyl groups excluding tert-OH is 1. The molecule has 2 atom stereocenters. The molecule has 0 amide bonds. The molecule has 0 aliphatic rings. The highest BCUT2D eigenvalue weighted by Crippen LogP contribution is 2.35. The van der Waals surface area contributed by atoms with E-state index >= 15 is 4.39 Å². The van der Waals surface area contributed by atoms with Crippen molar-refractivity contribution in [2.75, 3.05) is 10.6 Å². The summed E-state index contributed by atoms with van der Waals surface area (Å²) in [5, 5.41) is 27.3. The van der Waals surface area contributed by atoms with Crippen LogP contribution in [-0.2, 0) is 0 Å². The molecule has 212 valence electrons. The Hall–Kier alpha value is -4.98. The van der Waals surface area contributed by atoms with Crippen LogP contribution >= 0.6 is 0 Å². The number of aliphatic hydroxyl groups is 1. The van der Waals surface area contributed by atoms with Crippen LogP contribution in [0.15, 0.2) is 71.8 Å². The van der Waals surface area contributed by atoms with Crippen LogP contribution in [0.25, 0.3) is 16.7 Å². The third-order valence-electron chi connectivity index (χ3n) is 6.03. The van der Waals surface area contributed by atoms with Crippen molar-refractivity contribution >= 4 is 22.5 Å². The lowest BCUT2D eigenvalue weighted by molar-refractivity contribution is 0.133. The van der Waals surface area contributed by atoms with Gasteiger partial charge in [-0.15, -0.1) is 0 Å². The predicted octanol–water partition coefficient (Wildman–Crippen LogP) is 5.13. The van der Waals surface area contributed by atoms with Gasteiger partial charge < -0.3 is 20.5 Å². The molecule has 0 radical (unpaired) electrons. The number of nitrogens with one attached hydrogen (secondary N) is 3. The minimum absolute atomic E-state index is 0.0784. The van der Waals surface area contributed by atoms with Gasteiger partial charge in [0.05, 0.1) is 11.3 Å². The maximum atomic E-state index is 15.1. The second-order valence-electron chi connectivity index (χ2n) is 9.05. The largest absolute Gasteiger partial charge is 0.453 e. The van der Waals surface area contributed by atoms with Crippen LogP contribution in [0.4, 0.5) is 29.1 Å². The average Bonchev–Trinajstić information content (AvgIpc) is 3.34. The van der Waals surface area contributed by atoms with Crippen LogP contribution in [0, 0.1) is 11.6 Å². The first-order valence-electron chi connectivity index (χ1n) is 12.3. The second kappa shape index (κ2) is 11.6. The molecule has 0 spiro atoms. The Balaban J connectivity index is 1.34. The highest BCUT2D eigenvalue weighted by Gasteiger charge is 2.19. The van der Waals surface area contributed by atoms with Crippen LogP contribution < -0.4 is 20.9 Å². The van der Waals surface area contributed by atoms with Crippen molar-refractivity contribution in [3.8, 4) is 17.2 Å². The summed E-state index contributed by atoms with van der Waals surface area (Å²) in [6, 6.07) is 11.1. The molecule has 4 N–H and O–H groups in total. The van der Waals surface area contributed by atoms with Gasteiger partial charge in [0.1, 0.15) is 17.0 Å². The van der Waals surface area contributed by atoms with Gasteiger partial charge in [-0.1, -0.05) is 0 Å². The predicted molar refractivity (Wildman–Crippen MR) is 142 cm³/mol. The topological polar surface area (TPSA) is 130 Å². The molecule has 41 heavy (non-hydrogen) atoms. The lowest BCUT2D eigenvalue weighted by Crippen LogP contribution is -2.28. The zero-order valence-corrected chi connectivity index (χ0v) is 21.4. The Morgan fingerprint density at radius 3 is 2.54 bits per heavy atom. The van der Waals surface area contributed by atoms with E-state index in [1.807, 2.05) is 0 Å². The fourth-order valence-electron chi connectivity index (χ4n) is 4.10. The summed E-state index contributed by atoms with van der Waals surface area (Å²) < 4.78 is 60.7. The van der Waals surface area contributed by atoms with Crippen LogP contribution in [0.2, 0.25) is 0 Å². The van der Waals surface area contributed by atoms with E-state index in [0.717, 1.165) is 10.7 Å². The maximum absolute atomic E-state index is 15.1. The molecular weight excluding hydrogens is 546 g/mol. The molecule has 0 saturated heterocycles. The van der Waals surface area contributed by atoms with Crippen molar-refractivity contribution in [3.05, 3.63) is 94.5 Å². The van der Waals surface area contributed by atoms with E-state index in [-0.39, 0.29) is 28.6 Å². The number of fused-ring (bicyclic) bond motifs is 1. The first kappa shape index (κ1) is 27.6. The Morgan fingerprint density at radius 2 is 1.80 bits per heavy atom. The third kappa shape index (κ3) is 6.11. The van der Waals surface area contributed by atoms with Crippen LogP contribution in [-0.4, -0.2) is 42.5 Å². The number of rotatable bonds is 10. The van der Waals surface area contributed by atoms with Gasteiger partial charge in [-0.2, -0.15) is 14.9 Å². The van der Waals surface area contributed by atoms with Gasteiger partial charge in [-0.05, 0) is 49.4 Å².